The van der Waals surface area contributed by atoms with Gasteiger partial charge in [-0.05, 0) is 45.6 Å². The molecule has 4 nitrogen and oxygen atoms in total. The molecule has 2 saturated carbocycles. The lowest BCUT2D eigenvalue weighted by Crippen LogP contribution is -2.50. The first-order valence-corrected chi connectivity index (χ1v) is 8.32. The van der Waals surface area contributed by atoms with E-state index in [9.17, 15) is 4.79 Å². The second-order valence-electron chi connectivity index (χ2n) is 6.40. The van der Waals surface area contributed by atoms with Crippen molar-refractivity contribution in [1.29, 1.82) is 0 Å². The smallest absolute Gasteiger partial charge is 0.326 e. The average Bonchev–Trinajstić information content (AvgIpc) is 2.85. The van der Waals surface area contributed by atoms with Gasteiger partial charge < -0.3 is 10.5 Å². The Hall–Kier alpha value is -0.610. The van der Waals surface area contributed by atoms with Gasteiger partial charge in [0.25, 0.3) is 0 Å². The van der Waals surface area contributed by atoms with E-state index in [0.717, 1.165) is 25.8 Å². The number of rotatable bonds is 5. The highest BCUT2D eigenvalue weighted by Crippen LogP contribution is 2.35. The number of esters is 1. The van der Waals surface area contributed by atoms with Crippen LogP contribution in [0.4, 0.5) is 0 Å². The zero-order valence-corrected chi connectivity index (χ0v) is 13.1. The summed E-state index contributed by atoms with van der Waals surface area (Å²) in [6.07, 6.45) is 9.24. The number of hydrogen-bond acceptors (Lipinski definition) is 4. The Bertz CT molecular complexity index is 328. The van der Waals surface area contributed by atoms with Crippen molar-refractivity contribution in [2.75, 3.05) is 13.2 Å². The number of ether oxygens (including phenoxy) is 1. The molecule has 0 aromatic carbocycles. The molecule has 0 spiro atoms. The molecule has 2 unspecified atom stereocenters. The predicted octanol–water partition coefficient (Wildman–Crippen LogP) is 2.45. The van der Waals surface area contributed by atoms with Gasteiger partial charge in [0.1, 0.15) is 5.54 Å². The van der Waals surface area contributed by atoms with Crippen LogP contribution in [0.2, 0.25) is 0 Å². The van der Waals surface area contributed by atoms with Crippen molar-refractivity contribution in [3.63, 3.8) is 0 Å². The summed E-state index contributed by atoms with van der Waals surface area (Å²) in [6, 6.07) is 1.15. The fourth-order valence-electron chi connectivity index (χ4n) is 4.02. The van der Waals surface area contributed by atoms with Crippen LogP contribution < -0.4 is 5.73 Å². The summed E-state index contributed by atoms with van der Waals surface area (Å²) in [4.78, 5) is 14.6. The van der Waals surface area contributed by atoms with Crippen LogP contribution in [0.15, 0.2) is 0 Å². The average molecular weight is 282 g/mol. The van der Waals surface area contributed by atoms with Crippen LogP contribution in [0.3, 0.4) is 0 Å². The molecule has 0 aromatic rings. The molecule has 20 heavy (non-hydrogen) atoms. The molecule has 0 aromatic heterocycles. The standard InChI is InChI=1S/C16H30N2O2/c1-3-18(13-8-6-5-7-9-13)14-10-11-16(17,12-14)15(19)20-4-2/h13-14H,3-12,17H2,1-2H3. The van der Waals surface area contributed by atoms with E-state index in [2.05, 4.69) is 11.8 Å². The molecule has 2 aliphatic rings. The maximum atomic E-state index is 12.0. The molecule has 0 radical (unpaired) electrons. The largest absolute Gasteiger partial charge is 0.465 e. The minimum absolute atomic E-state index is 0.206. The highest BCUT2D eigenvalue weighted by molar-refractivity contribution is 5.81. The van der Waals surface area contributed by atoms with E-state index in [4.69, 9.17) is 10.5 Å². The minimum Gasteiger partial charge on any atom is -0.465 e. The van der Waals surface area contributed by atoms with E-state index in [1.807, 2.05) is 6.92 Å². The van der Waals surface area contributed by atoms with E-state index < -0.39 is 5.54 Å². The Kier molecular flexibility index (Phi) is 5.44. The number of carbonyl (C=O) groups is 1. The Balaban J connectivity index is 1.97. The third kappa shape index (κ3) is 3.34. The van der Waals surface area contributed by atoms with Gasteiger partial charge in [-0.3, -0.25) is 9.69 Å². The van der Waals surface area contributed by atoms with Crippen LogP contribution in [0.5, 0.6) is 0 Å². The van der Waals surface area contributed by atoms with Crippen LogP contribution in [0.25, 0.3) is 0 Å². The molecule has 2 aliphatic carbocycles. The summed E-state index contributed by atoms with van der Waals surface area (Å²) in [5, 5.41) is 0. The molecular formula is C16H30N2O2. The zero-order chi connectivity index (χ0) is 14.6. The van der Waals surface area contributed by atoms with Crippen LogP contribution in [0, 0.1) is 0 Å². The summed E-state index contributed by atoms with van der Waals surface area (Å²) in [7, 11) is 0. The van der Waals surface area contributed by atoms with Crippen molar-refractivity contribution >= 4 is 5.97 Å². The molecule has 0 bridgehead atoms. The lowest BCUT2D eigenvalue weighted by atomic mass is 9.92. The van der Waals surface area contributed by atoms with Crippen molar-refractivity contribution in [3.05, 3.63) is 0 Å². The SMILES string of the molecule is CCOC(=O)C1(N)CCC(N(CC)C2CCCCC2)C1. The van der Waals surface area contributed by atoms with Crippen molar-refractivity contribution in [3.8, 4) is 0 Å². The molecule has 0 saturated heterocycles. The van der Waals surface area contributed by atoms with Crippen LogP contribution >= 0.6 is 0 Å². The molecule has 116 valence electrons. The number of nitrogens with zero attached hydrogens (tertiary/aromatic N) is 1. The first-order valence-electron chi connectivity index (χ1n) is 8.32. The maximum absolute atomic E-state index is 12.0. The fraction of sp³-hybridized carbons (Fsp3) is 0.938. The van der Waals surface area contributed by atoms with Gasteiger partial charge in [0.05, 0.1) is 6.61 Å². The van der Waals surface area contributed by atoms with E-state index in [1.165, 1.54) is 32.1 Å². The molecule has 2 fully saturated rings. The normalized spacial score (nSPS) is 31.7. The topological polar surface area (TPSA) is 55.6 Å². The second kappa shape index (κ2) is 6.90. The highest BCUT2D eigenvalue weighted by Gasteiger charge is 2.45. The third-order valence-electron chi connectivity index (χ3n) is 5.08. The van der Waals surface area contributed by atoms with E-state index >= 15 is 0 Å². The van der Waals surface area contributed by atoms with Crippen LogP contribution in [0.1, 0.15) is 65.2 Å². The monoisotopic (exact) mass is 282 g/mol. The fourth-order valence-corrected chi connectivity index (χ4v) is 4.02. The van der Waals surface area contributed by atoms with Crippen LogP contribution in [-0.2, 0) is 9.53 Å². The lowest BCUT2D eigenvalue weighted by Gasteiger charge is -2.38. The molecule has 4 heteroatoms. The van der Waals surface area contributed by atoms with Gasteiger partial charge in [0.15, 0.2) is 0 Å². The minimum atomic E-state index is -0.747. The predicted molar refractivity (Wildman–Crippen MR) is 80.4 cm³/mol. The summed E-state index contributed by atoms with van der Waals surface area (Å²) < 4.78 is 5.15. The van der Waals surface area contributed by atoms with Gasteiger partial charge in [-0.2, -0.15) is 0 Å². The van der Waals surface area contributed by atoms with E-state index in [0.29, 0.717) is 18.7 Å². The Labute approximate surface area is 123 Å². The van der Waals surface area contributed by atoms with Crippen molar-refractivity contribution < 1.29 is 9.53 Å². The molecule has 2 atom stereocenters. The molecule has 2 rings (SSSR count). The van der Waals surface area contributed by atoms with Crippen LogP contribution in [-0.4, -0.2) is 41.6 Å². The molecular weight excluding hydrogens is 252 g/mol. The van der Waals surface area contributed by atoms with Gasteiger partial charge in [0.2, 0.25) is 0 Å². The lowest BCUT2D eigenvalue weighted by molar-refractivity contribution is -0.149. The molecule has 0 aliphatic heterocycles. The first kappa shape index (κ1) is 15.8. The van der Waals surface area contributed by atoms with Gasteiger partial charge in [-0.15, -0.1) is 0 Å². The third-order valence-corrected chi connectivity index (χ3v) is 5.08. The number of carbonyl (C=O) groups excluding carboxylic acids is 1. The molecule has 0 heterocycles. The Morgan fingerprint density at radius 3 is 2.50 bits per heavy atom. The second-order valence-corrected chi connectivity index (χ2v) is 6.40. The van der Waals surface area contributed by atoms with Gasteiger partial charge in [0, 0.05) is 12.1 Å². The van der Waals surface area contributed by atoms with E-state index in [1.54, 1.807) is 0 Å². The van der Waals surface area contributed by atoms with Crippen molar-refractivity contribution in [1.82, 2.24) is 4.90 Å². The summed E-state index contributed by atoms with van der Waals surface area (Å²) in [5.41, 5.74) is 5.55. The number of hydrogen-bond donors (Lipinski definition) is 1. The summed E-state index contributed by atoms with van der Waals surface area (Å²) >= 11 is 0. The molecule has 0 amide bonds. The van der Waals surface area contributed by atoms with Crippen molar-refractivity contribution in [2.45, 2.75) is 82.8 Å². The summed E-state index contributed by atoms with van der Waals surface area (Å²) in [5.74, 6) is -0.206. The zero-order valence-electron chi connectivity index (χ0n) is 13.1. The van der Waals surface area contributed by atoms with Gasteiger partial charge in [-0.1, -0.05) is 26.2 Å². The highest BCUT2D eigenvalue weighted by atomic mass is 16.5. The molecule has 2 N–H and O–H groups in total. The Morgan fingerprint density at radius 2 is 1.90 bits per heavy atom. The maximum Gasteiger partial charge on any atom is 0.326 e. The quantitative estimate of drug-likeness (QED) is 0.787. The van der Waals surface area contributed by atoms with Gasteiger partial charge >= 0.3 is 5.97 Å². The van der Waals surface area contributed by atoms with Gasteiger partial charge in [-0.25, -0.2) is 0 Å². The first-order chi connectivity index (χ1) is 9.60. The number of nitrogens with two attached hydrogens (primary N) is 1. The Morgan fingerprint density at radius 1 is 1.20 bits per heavy atom. The van der Waals surface area contributed by atoms with Crippen molar-refractivity contribution in [2.24, 2.45) is 5.73 Å². The summed E-state index contributed by atoms with van der Waals surface area (Å²) in [6.45, 7) is 5.56. The van der Waals surface area contributed by atoms with E-state index in [-0.39, 0.29) is 5.97 Å².